The number of anilines is 1. The van der Waals surface area contributed by atoms with Gasteiger partial charge >= 0.3 is 5.97 Å². The Morgan fingerprint density at radius 2 is 2.15 bits per heavy atom. The molecule has 0 radical (unpaired) electrons. The molecule has 2 rings (SSSR count). The molecule has 1 heterocycles. The number of hydrogen-bond donors (Lipinski definition) is 2. The third-order valence-electron chi connectivity index (χ3n) is 2.48. The normalized spacial score (nSPS) is 10.0. The van der Waals surface area contributed by atoms with Crippen LogP contribution in [0.2, 0.25) is 0 Å². The molecule has 0 unspecified atom stereocenters. The van der Waals surface area contributed by atoms with Crippen LogP contribution in [0.5, 0.6) is 5.75 Å². The van der Waals surface area contributed by atoms with Gasteiger partial charge in [-0.1, -0.05) is 24.8 Å². The van der Waals surface area contributed by atoms with E-state index in [1.54, 1.807) is 24.3 Å². The molecule has 1 aromatic carbocycles. The molecule has 0 aliphatic carbocycles. The third-order valence-corrected chi connectivity index (χ3v) is 2.48. The topological polar surface area (TPSA) is 98.3 Å². The minimum absolute atomic E-state index is 0.0987. The van der Waals surface area contributed by atoms with E-state index < -0.39 is 5.97 Å². The fraction of sp³-hybridized carbons (Fsp3) is 0.0714. The minimum atomic E-state index is -1.16. The lowest BCUT2D eigenvalue weighted by Crippen LogP contribution is -2.06. The van der Waals surface area contributed by atoms with Crippen LogP contribution in [0, 0.1) is 0 Å². The fourth-order valence-corrected chi connectivity index (χ4v) is 1.67. The zero-order chi connectivity index (χ0) is 14.5. The smallest absolute Gasteiger partial charge is 0.354 e. The van der Waals surface area contributed by atoms with Crippen LogP contribution in [-0.2, 0) is 0 Å². The lowest BCUT2D eigenvalue weighted by Gasteiger charge is -2.10. The zero-order valence-corrected chi connectivity index (χ0v) is 10.6. The minimum Gasteiger partial charge on any atom is -0.489 e. The van der Waals surface area contributed by atoms with Crippen molar-refractivity contribution < 1.29 is 14.6 Å². The highest BCUT2D eigenvalue weighted by Crippen LogP contribution is 2.29. The first-order valence-electron chi connectivity index (χ1n) is 5.82. The summed E-state index contributed by atoms with van der Waals surface area (Å²) in [5.74, 6) is -0.690. The molecule has 0 saturated heterocycles. The number of hydrogen-bond acceptors (Lipinski definition) is 5. The largest absolute Gasteiger partial charge is 0.489 e. The van der Waals surface area contributed by atoms with E-state index in [1.165, 1.54) is 6.07 Å². The average molecular weight is 271 g/mol. The molecule has 6 nitrogen and oxygen atoms in total. The van der Waals surface area contributed by atoms with Crippen molar-refractivity contribution in [2.45, 2.75) is 0 Å². The van der Waals surface area contributed by atoms with Gasteiger partial charge in [-0.3, -0.25) is 0 Å². The quantitative estimate of drug-likeness (QED) is 0.807. The van der Waals surface area contributed by atoms with Gasteiger partial charge in [0.25, 0.3) is 0 Å². The molecule has 0 fully saturated rings. The number of carboxylic acid groups (broad SMARTS) is 1. The lowest BCUT2D eigenvalue weighted by molar-refractivity contribution is 0.0690. The summed E-state index contributed by atoms with van der Waals surface area (Å²) < 4.78 is 5.51. The molecule has 6 heteroatoms. The number of nitrogen functional groups attached to an aromatic ring is 1. The number of para-hydroxylation sites is 1. The number of benzene rings is 1. The molecule has 0 bridgehead atoms. The maximum absolute atomic E-state index is 11.0. The Balaban J connectivity index is 2.50. The number of nitrogens with zero attached hydrogens (tertiary/aromatic N) is 2. The predicted molar refractivity (Wildman–Crippen MR) is 74.5 cm³/mol. The lowest BCUT2D eigenvalue weighted by atomic mass is 10.1. The van der Waals surface area contributed by atoms with Gasteiger partial charge in [0.05, 0.1) is 5.69 Å². The van der Waals surface area contributed by atoms with Crippen molar-refractivity contribution in [1.82, 2.24) is 9.97 Å². The summed E-state index contributed by atoms with van der Waals surface area (Å²) in [7, 11) is 0. The van der Waals surface area contributed by atoms with Crippen LogP contribution < -0.4 is 10.5 Å². The first-order chi connectivity index (χ1) is 9.61. The van der Waals surface area contributed by atoms with Crippen LogP contribution in [-0.4, -0.2) is 27.7 Å². The Morgan fingerprint density at radius 1 is 1.40 bits per heavy atom. The monoisotopic (exact) mass is 271 g/mol. The standard InChI is InChI=1S/C14H13N3O3/c1-2-7-20-12-6-4-3-5-9(12)10-8-11(13(18)19)17-14(15)16-10/h2-6,8H,1,7H2,(H,18,19)(H2,15,16,17). The van der Waals surface area contributed by atoms with Crippen LogP contribution in [0.1, 0.15) is 10.5 Å². The molecule has 20 heavy (non-hydrogen) atoms. The van der Waals surface area contributed by atoms with E-state index in [1.807, 2.05) is 6.07 Å². The number of ether oxygens (including phenoxy) is 1. The van der Waals surface area contributed by atoms with E-state index in [-0.39, 0.29) is 11.6 Å². The molecule has 1 aromatic heterocycles. The van der Waals surface area contributed by atoms with Gasteiger partial charge in [0.15, 0.2) is 5.69 Å². The second-order valence-electron chi connectivity index (χ2n) is 3.90. The first kappa shape index (κ1) is 13.5. The van der Waals surface area contributed by atoms with E-state index in [0.29, 0.717) is 23.6 Å². The molecule has 3 N–H and O–H groups in total. The summed E-state index contributed by atoms with van der Waals surface area (Å²) in [5.41, 5.74) is 6.42. The van der Waals surface area contributed by atoms with Gasteiger partial charge in [0.2, 0.25) is 5.95 Å². The highest BCUT2D eigenvalue weighted by molar-refractivity contribution is 5.87. The second-order valence-corrected chi connectivity index (χ2v) is 3.90. The second kappa shape index (κ2) is 5.83. The van der Waals surface area contributed by atoms with Gasteiger partial charge in [-0.25, -0.2) is 14.8 Å². The van der Waals surface area contributed by atoms with Crippen molar-refractivity contribution in [3.8, 4) is 17.0 Å². The Hall–Kier alpha value is -2.89. The predicted octanol–water partition coefficient (Wildman–Crippen LogP) is 1.99. The van der Waals surface area contributed by atoms with Crippen LogP contribution in [0.15, 0.2) is 43.0 Å². The molecule has 0 aliphatic rings. The number of rotatable bonds is 5. The zero-order valence-electron chi connectivity index (χ0n) is 10.6. The van der Waals surface area contributed by atoms with E-state index in [4.69, 9.17) is 15.6 Å². The molecular formula is C14H13N3O3. The summed E-state index contributed by atoms with van der Waals surface area (Å²) in [5, 5.41) is 9.00. The van der Waals surface area contributed by atoms with Crippen molar-refractivity contribution in [3.05, 3.63) is 48.7 Å². The highest BCUT2D eigenvalue weighted by Gasteiger charge is 2.13. The number of nitrogens with two attached hydrogens (primary N) is 1. The Kier molecular flexibility index (Phi) is 3.95. The maximum Gasteiger partial charge on any atom is 0.354 e. The first-order valence-corrected chi connectivity index (χ1v) is 5.82. The molecule has 0 amide bonds. The van der Waals surface area contributed by atoms with Crippen LogP contribution in [0.4, 0.5) is 5.95 Å². The Bertz CT molecular complexity index is 656. The van der Waals surface area contributed by atoms with Gasteiger partial charge in [-0.05, 0) is 18.2 Å². The van der Waals surface area contributed by atoms with Gasteiger partial charge in [-0.15, -0.1) is 0 Å². The van der Waals surface area contributed by atoms with E-state index >= 15 is 0 Å². The van der Waals surface area contributed by atoms with Gasteiger partial charge in [0, 0.05) is 5.56 Å². The van der Waals surface area contributed by atoms with Crippen LogP contribution in [0.25, 0.3) is 11.3 Å². The molecule has 102 valence electrons. The highest BCUT2D eigenvalue weighted by atomic mass is 16.5. The van der Waals surface area contributed by atoms with E-state index in [2.05, 4.69) is 16.5 Å². The van der Waals surface area contributed by atoms with Gasteiger partial charge in [0.1, 0.15) is 12.4 Å². The maximum atomic E-state index is 11.0. The molecule has 0 saturated carbocycles. The summed E-state index contributed by atoms with van der Waals surface area (Å²) in [6, 6.07) is 8.50. The van der Waals surface area contributed by atoms with Crippen LogP contribution in [0.3, 0.4) is 0 Å². The summed E-state index contributed by atoms with van der Waals surface area (Å²) in [6.07, 6.45) is 1.62. The molecule has 0 aliphatic heterocycles. The summed E-state index contributed by atoms with van der Waals surface area (Å²) >= 11 is 0. The molecule has 0 atom stereocenters. The van der Waals surface area contributed by atoms with Crippen molar-refractivity contribution in [1.29, 1.82) is 0 Å². The van der Waals surface area contributed by atoms with Crippen molar-refractivity contribution >= 4 is 11.9 Å². The van der Waals surface area contributed by atoms with Crippen molar-refractivity contribution in [2.75, 3.05) is 12.3 Å². The van der Waals surface area contributed by atoms with E-state index in [0.717, 1.165) is 0 Å². The summed E-state index contributed by atoms with van der Waals surface area (Å²) in [4.78, 5) is 18.7. The van der Waals surface area contributed by atoms with Crippen LogP contribution >= 0.6 is 0 Å². The number of carbonyl (C=O) groups is 1. The Labute approximate surface area is 115 Å². The third kappa shape index (κ3) is 2.92. The SMILES string of the molecule is C=CCOc1ccccc1-c1cc(C(=O)O)nc(N)n1. The molecular weight excluding hydrogens is 258 g/mol. The fourth-order valence-electron chi connectivity index (χ4n) is 1.67. The summed E-state index contributed by atoms with van der Waals surface area (Å²) in [6.45, 7) is 3.92. The van der Waals surface area contributed by atoms with E-state index in [9.17, 15) is 4.79 Å². The number of aromatic carboxylic acids is 1. The van der Waals surface area contributed by atoms with Gasteiger partial charge < -0.3 is 15.6 Å². The number of carboxylic acids is 1. The van der Waals surface area contributed by atoms with Crippen molar-refractivity contribution in [2.24, 2.45) is 0 Å². The Morgan fingerprint density at radius 3 is 2.85 bits per heavy atom. The van der Waals surface area contributed by atoms with Gasteiger partial charge in [-0.2, -0.15) is 0 Å². The number of aromatic nitrogens is 2. The van der Waals surface area contributed by atoms with Crippen molar-refractivity contribution in [3.63, 3.8) is 0 Å². The molecule has 2 aromatic rings. The molecule has 0 spiro atoms. The average Bonchev–Trinajstić information content (AvgIpc) is 2.44.